The van der Waals surface area contributed by atoms with E-state index in [1.54, 1.807) is 0 Å². The summed E-state index contributed by atoms with van der Waals surface area (Å²) in [6, 6.07) is 0.0214. The number of nitrogens with zero attached hydrogens (tertiary/aromatic N) is 2. The molecule has 0 bridgehead atoms. The number of hydrogen-bond acceptors (Lipinski definition) is 3. The van der Waals surface area contributed by atoms with Gasteiger partial charge in [-0.3, -0.25) is 9.48 Å². The fourth-order valence-electron chi connectivity index (χ4n) is 2.43. The van der Waals surface area contributed by atoms with Crippen molar-refractivity contribution in [2.24, 2.45) is 13.0 Å². The lowest BCUT2D eigenvalue weighted by molar-refractivity contribution is -0.126. The van der Waals surface area contributed by atoms with Crippen molar-refractivity contribution >= 4 is 5.91 Å². The molecule has 2 heterocycles. The van der Waals surface area contributed by atoms with Crippen molar-refractivity contribution in [3.05, 3.63) is 17.5 Å². The maximum Gasteiger partial charge on any atom is 0.224 e. The predicted octanol–water partition coefficient (Wildman–Crippen LogP) is 0.905. The number of carbonyl (C=O) groups excluding carboxylic acids is 1. The third kappa shape index (κ3) is 2.72. The quantitative estimate of drug-likeness (QED) is 0.838. The summed E-state index contributed by atoms with van der Waals surface area (Å²) in [5, 5.41) is 10.6. The van der Waals surface area contributed by atoms with Gasteiger partial charge in [0, 0.05) is 24.8 Å². The summed E-state index contributed by atoms with van der Waals surface area (Å²) < 4.78 is 1.83. The van der Waals surface area contributed by atoms with Gasteiger partial charge in [-0.25, -0.2) is 0 Å². The zero-order valence-corrected chi connectivity index (χ0v) is 11.4. The Labute approximate surface area is 108 Å². The Hall–Kier alpha value is -1.36. The second-order valence-electron chi connectivity index (χ2n) is 5.08. The summed E-state index contributed by atoms with van der Waals surface area (Å²) in [5.74, 6) is 0.260. The number of rotatable bonds is 3. The molecule has 1 unspecified atom stereocenters. The first kappa shape index (κ1) is 13.1. The summed E-state index contributed by atoms with van der Waals surface area (Å²) >= 11 is 0. The van der Waals surface area contributed by atoms with Gasteiger partial charge in [0.25, 0.3) is 0 Å². The highest BCUT2D eigenvalue weighted by molar-refractivity contribution is 5.79. The summed E-state index contributed by atoms with van der Waals surface area (Å²) in [4.78, 5) is 12.1. The first-order chi connectivity index (χ1) is 8.59. The minimum atomic E-state index is 0.0214. The molecule has 1 aliphatic heterocycles. The molecule has 1 aromatic rings. The number of hydrogen-bond donors (Lipinski definition) is 2. The number of aryl methyl sites for hydroxylation is 1. The highest BCUT2D eigenvalue weighted by Gasteiger charge is 2.23. The Bertz CT molecular complexity index is 421. The number of nitrogens with one attached hydrogen (secondary N) is 2. The molecular formula is C13H22N4O. The number of amides is 1. The van der Waals surface area contributed by atoms with Gasteiger partial charge >= 0.3 is 0 Å². The molecule has 2 rings (SSSR count). The van der Waals surface area contributed by atoms with Gasteiger partial charge in [0.2, 0.25) is 5.91 Å². The zero-order valence-electron chi connectivity index (χ0n) is 11.4. The molecule has 0 saturated carbocycles. The first-order valence-corrected chi connectivity index (χ1v) is 6.59. The first-order valence-electron chi connectivity index (χ1n) is 6.59. The van der Waals surface area contributed by atoms with Crippen LogP contribution in [-0.4, -0.2) is 28.8 Å². The van der Waals surface area contributed by atoms with Crippen molar-refractivity contribution in [2.75, 3.05) is 13.1 Å². The average Bonchev–Trinajstić information content (AvgIpc) is 2.71. The molecule has 1 saturated heterocycles. The van der Waals surface area contributed by atoms with Gasteiger partial charge in [-0.1, -0.05) is 0 Å². The molecule has 2 N–H and O–H groups in total. The fraction of sp³-hybridized carbons (Fsp3) is 0.692. The minimum Gasteiger partial charge on any atom is -0.349 e. The third-order valence-electron chi connectivity index (χ3n) is 3.77. The highest BCUT2D eigenvalue weighted by atomic mass is 16.2. The van der Waals surface area contributed by atoms with E-state index in [-0.39, 0.29) is 17.9 Å². The molecular weight excluding hydrogens is 228 g/mol. The Balaban J connectivity index is 1.96. The monoisotopic (exact) mass is 250 g/mol. The van der Waals surface area contributed by atoms with Crippen LogP contribution in [0.1, 0.15) is 37.1 Å². The van der Waals surface area contributed by atoms with E-state index in [0.29, 0.717) is 0 Å². The van der Waals surface area contributed by atoms with E-state index in [0.717, 1.165) is 37.2 Å². The molecule has 1 amide bonds. The van der Waals surface area contributed by atoms with E-state index in [2.05, 4.69) is 15.7 Å². The van der Waals surface area contributed by atoms with Crippen LogP contribution in [0.4, 0.5) is 0 Å². The molecule has 0 aliphatic carbocycles. The van der Waals surface area contributed by atoms with Crippen LogP contribution in [0.2, 0.25) is 0 Å². The van der Waals surface area contributed by atoms with E-state index >= 15 is 0 Å². The molecule has 5 nitrogen and oxygen atoms in total. The Kier molecular flexibility index (Phi) is 4.01. The van der Waals surface area contributed by atoms with Crippen LogP contribution in [0.3, 0.4) is 0 Å². The van der Waals surface area contributed by atoms with Gasteiger partial charge in [-0.15, -0.1) is 0 Å². The molecule has 0 aromatic carbocycles. The van der Waals surface area contributed by atoms with Crippen molar-refractivity contribution in [1.29, 1.82) is 0 Å². The van der Waals surface area contributed by atoms with E-state index in [1.807, 2.05) is 31.8 Å². The minimum absolute atomic E-state index is 0.0214. The fourth-order valence-corrected chi connectivity index (χ4v) is 2.43. The molecule has 0 spiro atoms. The molecule has 1 aromatic heterocycles. The second kappa shape index (κ2) is 5.52. The average molecular weight is 250 g/mol. The molecule has 5 heteroatoms. The van der Waals surface area contributed by atoms with Crippen LogP contribution in [0.15, 0.2) is 6.20 Å². The number of aromatic nitrogens is 2. The van der Waals surface area contributed by atoms with E-state index in [1.165, 1.54) is 0 Å². The summed E-state index contributed by atoms with van der Waals surface area (Å²) in [6.45, 7) is 5.86. The largest absolute Gasteiger partial charge is 0.349 e. The molecule has 0 radical (unpaired) electrons. The van der Waals surface area contributed by atoms with E-state index in [9.17, 15) is 4.79 Å². The van der Waals surface area contributed by atoms with Crippen LogP contribution in [0.5, 0.6) is 0 Å². The van der Waals surface area contributed by atoms with Gasteiger partial charge in [0.15, 0.2) is 0 Å². The van der Waals surface area contributed by atoms with Gasteiger partial charge in [0.1, 0.15) is 0 Å². The normalized spacial score (nSPS) is 21.6. The van der Waals surface area contributed by atoms with Crippen LogP contribution in [0.25, 0.3) is 0 Å². The van der Waals surface area contributed by atoms with Gasteiger partial charge in [-0.05, 0) is 33.2 Å². The van der Waals surface area contributed by atoms with Crippen LogP contribution < -0.4 is 10.6 Å². The number of piperidine rings is 1. The smallest absolute Gasteiger partial charge is 0.224 e. The van der Waals surface area contributed by atoms with E-state index < -0.39 is 0 Å². The van der Waals surface area contributed by atoms with Gasteiger partial charge in [0.05, 0.1) is 18.2 Å². The summed E-state index contributed by atoms with van der Waals surface area (Å²) in [5.41, 5.74) is 2.19. The lowest BCUT2D eigenvalue weighted by atomic mass is 9.98. The second-order valence-corrected chi connectivity index (χ2v) is 5.08. The SMILES string of the molecule is Cc1c(C(C)NC(=O)[C@H]2CCCNC2)cnn1C. The lowest BCUT2D eigenvalue weighted by Crippen LogP contribution is -2.41. The van der Waals surface area contributed by atoms with E-state index in [4.69, 9.17) is 0 Å². The standard InChI is InChI=1S/C13H22N4O/c1-9(12-8-15-17(3)10(12)2)16-13(18)11-5-4-6-14-7-11/h8-9,11,14H,4-7H2,1-3H3,(H,16,18)/t9?,11-/m0/s1. The Morgan fingerprint density at radius 2 is 2.44 bits per heavy atom. The van der Waals surface area contributed by atoms with Crippen LogP contribution in [0, 0.1) is 12.8 Å². The molecule has 100 valence electrons. The van der Waals surface area contributed by atoms with Crippen LogP contribution >= 0.6 is 0 Å². The van der Waals surface area contributed by atoms with Crippen molar-refractivity contribution in [2.45, 2.75) is 32.7 Å². The van der Waals surface area contributed by atoms with Crippen molar-refractivity contribution in [3.8, 4) is 0 Å². The topological polar surface area (TPSA) is 59.0 Å². The maximum absolute atomic E-state index is 12.1. The molecule has 18 heavy (non-hydrogen) atoms. The van der Waals surface area contributed by atoms with Gasteiger partial charge in [-0.2, -0.15) is 5.10 Å². The summed E-state index contributed by atoms with van der Waals surface area (Å²) in [6.07, 6.45) is 3.90. The third-order valence-corrected chi connectivity index (χ3v) is 3.77. The highest BCUT2D eigenvalue weighted by Crippen LogP contribution is 2.18. The zero-order chi connectivity index (χ0) is 13.1. The van der Waals surface area contributed by atoms with Crippen molar-refractivity contribution in [3.63, 3.8) is 0 Å². The van der Waals surface area contributed by atoms with Crippen molar-refractivity contribution in [1.82, 2.24) is 20.4 Å². The summed E-state index contributed by atoms with van der Waals surface area (Å²) in [7, 11) is 1.92. The molecule has 2 atom stereocenters. The van der Waals surface area contributed by atoms with Crippen LogP contribution in [-0.2, 0) is 11.8 Å². The number of carbonyl (C=O) groups is 1. The maximum atomic E-state index is 12.1. The molecule has 1 aliphatic rings. The Morgan fingerprint density at radius 1 is 1.67 bits per heavy atom. The van der Waals surface area contributed by atoms with Crippen molar-refractivity contribution < 1.29 is 4.79 Å². The Morgan fingerprint density at radius 3 is 3.00 bits per heavy atom. The molecule has 1 fully saturated rings. The predicted molar refractivity (Wildman–Crippen MR) is 70.1 cm³/mol. The lowest BCUT2D eigenvalue weighted by Gasteiger charge is -2.24. The van der Waals surface area contributed by atoms with Gasteiger partial charge < -0.3 is 10.6 Å².